The Morgan fingerprint density at radius 2 is 1.93 bits per heavy atom. The fraction of sp³-hybridized carbons (Fsp3) is 0.227. The minimum absolute atomic E-state index is 0.0268. The average Bonchev–Trinajstić information content (AvgIpc) is 3.07. The van der Waals surface area contributed by atoms with E-state index in [2.05, 4.69) is 22.5 Å². The number of hydrogen-bond acceptors (Lipinski definition) is 3. The molecule has 0 spiro atoms. The van der Waals surface area contributed by atoms with E-state index in [0.717, 1.165) is 17.5 Å². The maximum absolute atomic E-state index is 13.4. The van der Waals surface area contributed by atoms with Gasteiger partial charge in [0.25, 0.3) is 5.56 Å². The van der Waals surface area contributed by atoms with Gasteiger partial charge in [0.05, 0.1) is 5.52 Å². The summed E-state index contributed by atoms with van der Waals surface area (Å²) in [4.78, 5) is 25.1. The smallest absolute Gasteiger partial charge is 0.291 e. The van der Waals surface area contributed by atoms with Crippen molar-refractivity contribution < 1.29 is 9.18 Å². The zero-order chi connectivity index (χ0) is 20.4. The van der Waals surface area contributed by atoms with Crippen LogP contribution in [0.3, 0.4) is 0 Å². The molecule has 4 aromatic rings. The van der Waals surface area contributed by atoms with E-state index < -0.39 is 5.56 Å². The van der Waals surface area contributed by atoms with Crippen LogP contribution in [0.1, 0.15) is 18.9 Å². The van der Waals surface area contributed by atoms with Gasteiger partial charge in [0, 0.05) is 11.4 Å². The van der Waals surface area contributed by atoms with E-state index in [1.165, 1.54) is 24.0 Å². The molecule has 7 heteroatoms. The highest BCUT2D eigenvalue weighted by atomic mass is 19.1. The van der Waals surface area contributed by atoms with E-state index in [0.29, 0.717) is 16.4 Å². The predicted octanol–water partition coefficient (Wildman–Crippen LogP) is 2.93. The van der Waals surface area contributed by atoms with Gasteiger partial charge in [-0.2, -0.15) is 5.10 Å². The van der Waals surface area contributed by atoms with Crippen LogP contribution >= 0.6 is 0 Å². The second-order valence-electron chi connectivity index (χ2n) is 7.19. The van der Waals surface area contributed by atoms with Crippen LogP contribution in [-0.2, 0) is 17.8 Å². The van der Waals surface area contributed by atoms with Gasteiger partial charge in [0.15, 0.2) is 0 Å². The van der Waals surface area contributed by atoms with Crippen LogP contribution in [0.2, 0.25) is 0 Å². The average molecular weight is 392 g/mol. The van der Waals surface area contributed by atoms with Gasteiger partial charge in [-0.15, -0.1) is 0 Å². The standard InChI is InChI=1S/C22H21FN4O2/c1-15(7-8-16-5-3-2-4-6-16)25-21(28)13-27-22(29)20-12-17-11-18(23)9-10-19(17)26(20)14-24-27/h2-6,9-12,14-15H,7-8,13H2,1H3,(H,25,28)/t15-/m1/s1. The van der Waals surface area contributed by atoms with Gasteiger partial charge in [0.2, 0.25) is 5.91 Å². The van der Waals surface area contributed by atoms with Crippen molar-refractivity contribution in [1.29, 1.82) is 0 Å². The minimum Gasteiger partial charge on any atom is -0.352 e. The molecule has 1 N–H and O–H groups in total. The number of nitrogens with one attached hydrogen (secondary N) is 1. The fourth-order valence-corrected chi connectivity index (χ4v) is 3.46. The van der Waals surface area contributed by atoms with E-state index >= 15 is 0 Å². The van der Waals surface area contributed by atoms with Gasteiger partial charge in [-0.05, 0) is 49.6 Å². The number of rotatable bonds is 6. The fourth-order valence-electron chi connectivity index (χ4n) is 3.46. The third-order valence-corrected chi connectivity index (χ3v) is 4.97. The van der Waals surface area contributed by atoms with Crippen LogP contribution in [-0.4, -0.2) is 26.1 Å². The predicted molar refractivity (Wildman–Crippen MR) is 109 cm³/mol. The molecular formula is C22H21FN4O2. The molecule has 0 bridgehead atoms. The van der Waals surface area contributed by atoms with E-state index in [4.69, 9.17) is 0 Å². The number of amides is 1. The van der Waals surface area contributed by atoms with Crippen molar-refractivity contribution in [2.75, 3.05) is 0 Å². The van der Waals surface area contributed by atoms with E-state index in [1.807, 2.05) is 25.1 Å². The van der Waals surface area contributed by atoms with Crippen LogP contribution in [0, 0.1) is 5.82 Å². The lowest BCUT2D eigenvalue weighted by Gasteiger charge is -2.14. The molecular weight excluding hydrogens is 371 g/mol. The number of aromatic nitrogens is 3. The second kappa shape index (κ2) is 7.87. The largest absolute Gasteiger partial charge is 0.352 e. The molecule has 4 rings (SSSR count). The van der Waals surface area contributed by atoms with Crippen LogP contribution in [0.4, 0.5) is 4.39 Å². The number of benzene rings is 2. The summed E-state index contributed by atoms with van der Waals surface area (Å²) >= 11 is 0. The molecule has 2 aromatic heterocycles. The van der Waals surface area contributed by atoms with Crippen molar-refractivity contribution in [3.63, 3.8) is 0 Å². The maximum Gasteiger partial charge on any atom is 0.291 e. The Kier molecular flexibility index (Phi) is 5.12. The third kappa shape index (κ3) is 4.03. The quantitative estimate of drug-likeness (QED) is 0.549. The minimum atomic E-state index is -0.392. The molecule has 0 aliphatic rings. The highest BCUT2D eigenvalue weighted by molar-refractivity contribution is 5.86. The lowest BCUT2D eigenvalue weighted by Crippen LogP contribution is -2.38. The van der Waals surface area contributed by atoms with Gasteiger partial charge in [-0.25, -0.2) is 9.07 Å². The first-order valence-corrected chi connectivity index (χ1v) is 9.51. The Labute approximate surface area is 166 Å². The Balaban J connectivity index is 1.45. The number of carbonyl (C=O) groups excluding carboxylic acids is 1. The number of aryl methyl sites for hydroxylation is 1. The highest BCUT2D eigenvalue weighted by Gasteiger charge is 2.13. The summed E-state index contributed by atoms with van der Waals surface area (Å²) in [5.74, 6) is -0.641. The summed E-state index contributed by atoms with van der Waals surface area (Å²) in [6, 6.07) is 16.0. The molecule has 0 saturated carbocycles. The molecule has 2 heterocycles. The first kappa shape index (κ1) is 18.9. The number of hydrogen-bond donors (Lipinski definition) is 1. The third-order valence-electron chi connectivity index (χ3n) is 4.97. The van der Waals surface area contributed by atoms with Crippen LogP contribution in [0.15, 0.2) is 65.7 Å². The Morgan fingerprint density at radius 1 is 1.14 bits per heavy atom. The molecule has 0 saturated heterocycles. The first-order chi connectivity index (χ1) is 14.0. The number of carbonyl (C=O) groups is 1. The van der Waals surface area contributed by atoms with Crippen LogP contribution < -0.4 is 10.9 Å². The van der Waals surface area contributed by atoms with Crippen molar-refractivity contribution in [1.82, 2.24) is 19.5 Å². The Bertz CT molecular complexity index is 1230. The molecule has 2 aromatic carbocycles. The molecule has 0 fully saturated rings. The summed E-state index contributed by atoms with van der Waals surface area (Å²) in [7, 11) is 0. The van der Waals surface area contributed by atoms with E-state index in [-0.39, 0.29) is 24.3 Å². The van der Waals surface area contributed by atoms with Gasteiger partial charge in [-0.1, -0.05) is 30.3 Å². The summed E-state index contributed by atoms with van der Waals surface area (Å²) in [6.07, 6.45) is 3.13. The maximum atomic E-state index is 13.4. The monoisotopic (exact) mass is 392 g/mol. The topological polar surface area (TPSA) is 68.4 Å². The molecule has 0 aliphatic carbocycles. The van der Waals surface area contributed by atoms with Gasteiger partial charge in [-0.3, -0.25) is 14.0 Å². The van der Waals surface area contributed by atoms with Crippen LogP contribution in [0.25, 0.3) is 16.4 Å². The molecule has 29 heavy (non-hydrogen) atoms. The molecule has 0 radical (unpaired) electrons. The molecule has 1 atom stereocenters. The highest BCUT2D eigenvalue weighted by Crippen LogP contribution is 2.18. The van der Waals surface area contributed by atoms with E-state index in [1.54, 1.807) is 16.5 Å². The Morgan fingerprint density at radius 3 is 2.72 bits per heavy atom. The van der Waals surface area contributed by atoms with Crippen molar-refractivity contribution in [3.8, 4) is 0 Å². The van der Waals surface area contributed by atoms with Gasteiger partial charge < -0.3 is 5.32 Å². The van der Waals surface area contributed by atoms with Crippen molar-refractivity contribution in [2.45, 2.75) is 32.4 Å². The Hall–Kier alpha value is -3.48. The summed E-state index contributed by atoms with van der Waals surface area (Å²) in [5, 5.41) is 7.63. The normalized spacial score (nSPS) is 12.3. The molecule has 6 nitrogen and oxygen atoms in total. The zero-order valence-corrected chi connectivity index (χ0v) is 16.0. The van der Waals surface area contributed by atoms with Crippen molar-refractivity contribution in [3.05, 3.63) is 82.7 Å². The molecule has 0 unspecified atom stereocenters. The SMILES string of the molecule is C[C@H](CCc1ccccc1)NC(=O)Cn1ncn2c(cc3cc(F)ccc32)c1=O. The van der Waals surface area contributed by atoms with Gasteiger partial charge >= 0.3 is 0 Å². The van der Waals surface area contributed by atoms with Crippen molar-refractivity contribution in [2.24, 2.45) is 0 Å². The lowest BCUT2D eigenvalue weighted by molar-refractivity contribution is -0.122. The summed E-state index contributed by atoms with van der Waals surface area (Å²) in [6.45, 7) is 1.77. The number of halogens is 1. The summed E-state index contributed by atoms with van der Waals surface area (Å²) < 4.78 is 16.2. The van der Waals surface area contributed by atoms with E-state index in [9.17, 15) is 14.0 Å². The van der Waals surface area contributed by atoms with Crippen LogP contribution in [0.5, 0.6) is 0 Å². The van der Waals surface area contributed by atoms with Crippen molar-refractivity contribution >= 4 is 22.3 Å². The first-order valence-electron chi connectivity index (χ1n) is 9.51. The van der Waals surface area contributed by atoms with Gasteiger partial charge in [0.1, 0.15) is 24.2 Å². The number of fused-ring (bicyclic) bond motifs is 3. The molecule has 0 aliphatic heterocycles. The zero-order valence-electron chi connectivity index (χ0n) is 16.0. The molecule has 1 amide bonds. The second-order valence-corrected chi connectivity index (χ2v) is 7.19. The molecule has 148 valence electrons. The number of nitrogens with zero attached hydrogens (tertiary/aromatic N) is 3. The summed E-state index contributed by atoms with van der Waals surface area (Å²) in [5.41, 5.74) is 1.87. The lowest BCUT2D eigenvalue weighted by atomic mass is 10.1.